The van der Waals surface area contributed by atoms with Crippen LogP contribution in [0, 0.1) is 5.92 Å². The van der Waals surface area contributed by atoms with E-state index in [2.05, 4.69) is 54.9 Å². The van der Waals surface area contributed by atoms with Crippen LogP contribution in [0.4, 0.5) is 17.2 Å². The number of piperazine rings is 1. The average Bonchev–Trinajstić information content (AvgIpc) is 3.69. The van der Waals surface area contributed by atoms with Gasteiger partial charge in [0.1, 0.15) is 5.82 Å². The summed E-state index contributed by atoms with van der Waals surface area (Å²) in [4.78, 5) is 17.4. The lowest BCUT2D eigenvalue weighted by molar-refractivity contribution is 0.102. The predicted molar refractivity (Wildman–Crippen MR) is 132 cm³/mol. The summed E-state index contributed by atoms with van der Waals surface area (Å²) in [5, 5.41) is 14.3. The molecular weight excluding hydrogens is 412 g/mol. The Bertz CT molecular complexity index is 1040. The van der Waals surface area contributed by atoms with Crippen molar-refractivity contribution in [1.29, 1.82) is 0 Å². The van der Waals surface area contributed by atoms with E-state index < -0.39 is 0 Å². The number of aromatic nitrogens is 2. The van der Waals surface area contributed by atoms with Gasteiger partial charge in [-0.15, -0.1) is 10.2 Å². The van der Waals surface area contributed by atoms with Gasteiger partial charge < -0.3 is 15.5 Å². The molecule has 1 saturated carbocycles. The maximum atomic E-state index is 12.3. The first-order valence-electron chi connectivity index (χ1n) is 11.7. The van der Waals surface area contributed by atoms with Crippen LogP contribution in [0.25, 0.3) is 0 Å². The normalized spacial score (nSPS) is 16.4. The van der Waals surface area contributed by atoms with E-state index in [0.717, 1.165) is 37.8 Å². The third-order valence-electron chi connectivity index (χ3n) is 6.29. The van der Waals surface area contributed by atoms with Gasteiger partial charge in [0.2, 0.25) is 0 Å². The number of hydrogen-bond donors (Lipinski definition) is 2. The lowest BCUT2D eigenvalue weighted by atomic mass is 10.1. The van der Waals surface area contributed by atoms with Gasteiger partial charge in [0.05, 0.1) is 0 Å². The summed E-state index contributed by atoms with van der Waals surface area (Å²) in [5.74, 6) is 1.34. The van der Waals surface area contributed by atoms with Crippen LogP contribution < -0.4 is 15.5 Å². The number of amides is 1. The standard InChI is InChI=1S/C26H30N6O/c33-26(28-22-4-2-1-3-5-22)24-12-13-25(30-29-24)27-18-20-8-10-23(11-9-20)32-16-14-31(15-17-32)19-21-6-7-21/h1-5,8-13,21H,6-7,14-19H2,(H,27,30)(H,28,33). The minimum absolute atomic E-state index is 0.274. The van der Waals surface area contributed by atoms with Gasteiger partial charge in [0.25, 0.3) is 5.91 Å². The quantitative estimate of drug-likeness (QED) is 0.552. The second-order valence-corrected chi connectivity index (χ2v) is 8.87. The first-order valence-corrected chi connectivity index (χ1v) is 11.7. The molecule has 0 spiro atoms. The molecule has 3 aromatic rings. The van der Waals surface area contributed by atoms with E-state index in [1.54, 1.807) is 12.1 Å². The fraction of sp³-hybridized carbons (Fsp3) is 0.346. The Labute approximate surface area is 194 Å². The largest absolute Gasteiger partial charge is 0.369 e. The number of carbonyl (C=O) groups is 1. The summed E-state index contributed by atoms with van der Waals surface area (Å²) < 4.78 is 0. The van der Waals surface area contributed by atoms with Crippen LogP contribution in [0.2, 0.25) is 0 Å². The third kappa shape index (κ3) is 5.87. The minimum Gasteiger partial charge on any atom is -0.369 e. The summed E-state index contributed by atoms with van der Waals surface area (Å²) >= 11 is 0. The molecule has 7 nitrogen and oxygen atoms in total. The van der Waals surface area contributed by atoms with Gasteiger partial charge in [-0.3, -0.25) is 9.69 Å². The predicted octanol–water partition coefficient (Wildman–Crippen LogP) is 3.87. The maximum Gasteiger partial charge on any atom is 0.276 e. The van der Waals surface area contributed by atoms with Crippen molar-refractivity contribution in [2.24, 2.45) is 5.92 Å². The van der Waals surface area contributed by atoms with Gasteiger partial charge in [-0.2, -0.15) is 0 Å². The van der Waals surface area contributed by atoms with Crippen LogP contribution in [0.3, 0.4) is 0 Å². The van der Waals surface area contributed by atoms with Crippen LogP contribution in [0.5, 0.6) is 0 Å². The molecule has 1 aromatic heterocycles. The summed E-state index contributed by atoms with van der Waals surface area (Å²) in [6.07, 6.45) is 2.85. The molecule has 33 heavy (non-hydrogen) atoms. The summed E-state index contributed by atoms with van der Waals surface area (Å²) in [7, 11) is 0. The molecule has 0 atom stereocenters. The molecule has 2 aromatic carbocycles. The molecular formula is C26H30N6O. The number of para-hydroxylation sites is 1. The fourth-order valence-corrected chi connectivity index (χ4v) is 4.14. The molecule has 170 valence electrons. The molecule has 0 bridgehead atoms. The Hall–Kier alpha value is -3.45. The van der Waals surface area contributed by atoms with Crippen molar-refractivity contribution in [2.75, 3.05) is 48.3 Å². The Kier molecular flexibility index (Phi) is 6.48. The van der Waals surface area contributed by atoms with Crippen molar-refractivity contribution in [3.8, 4) is 0 Å². The molecule has 7 heteroatoms. The number of nitrogens with zero attached hydrogens (tertiary/aromatic N) is 4. The molecule has 2 fully saturated rings. The van der Waals surface area contributed by atoms with Crippen LogP contribution in [-0.2, 0) is 6.54 Å². The topological polar surface area (TPSA) is 73.4 Å². The van der Waals surface area contributed by atoms with E-state index in [9.17, 15) is 4.79 Å². The van der Waals surface area contributed by atoms with Gasteiger partial charge >= 0.3 is 0 Å². The van der Waals surface area contributed by atoms with Crippen molar-refractivity contribution in [3.63, 3.8) is 0 Å². The zero-order valence-electron chi connectivity index (χ0n) is 18.8. The molecule has 1 aliphatic carbocycles. The van der Waals surface area contributed by atoms with E-state index in [1.165, 1.54) is 30.6 Å². The highest BCUT2D eigenvalue weighted by molar-refractivity contribution is 6.02. The second kappa shape index (κ2) is 10.0. The molecule has 1 aliphatic heterocycles. The molecule has 1 saturated heterocycles. The van der Waals surface area contributed by atoms with Gasteiger partial charge in [-0.25, -0.2) is 0 Å². The van der Waals surface area contributed by atoms with Crippen LogP contribution in [0.15, 0.2) is 66.7 Å². The van der Waals surface area contributed by atoms with Crippen molar-refractivity contribution < 1.29 is 4.79 Å². The highest BCUT2D eigenvalue weighted by Crippen LogP contribution is 2.30. The Morgan fingerprint density at radius 3 is 2.30 bits per heavy atom. The van der Waals surface area contributed by atoms with E-state index in [-0.39, 0.29) is 11.6 Å². The second-order valence-electron chi connectivity index (χ2n) is 8.87. The zero-order chi connectivity index (χ0) is 22.5. The van der Waals surface area contributed by atoms with Gasteiger partial charge in [-0.1, -0.05) is 30.3 Å². The van der Waals surface area contributed by atoms with Crippen molar-refractivity contribution in [1.82, 2.24) is 15.1 Å². The SMILES string of the molecule is O=C(Nc1ccccc1)c1ccc(NCc2ccc(N3CCN(CC4CC4)CC3)cc2)nn1. The monoisotopic (exact) mass is 442 g/mol. The number of rotatable bonds is 8. The van der Waals surface area contributed by atoms with E-state index in [1.807, 2.05) is 30.3 Å². The minimum atomic E-state index is -0.274. The van der Waals surface area contributed by atoms with Crippen LogP contribution >= 0.6 is 0 Å². The van der Waals surface area contributed by atoms with Gasteiger partial charge in [0, 0.05) is 50.6 Å². The highest BCUT2D eigenvalue weighted by Gasteiger charge is 2.26. The van der Waals surface area contributed by atoms with Gasteiger partial charge in [-0.05, 0) is 60.7 Å². The average molecular weight is 443 g/mol. The molecule has 2 aliphatic rings. The number of benzene rings is 2. The number of anilines is 3. The summed E-state index contributed by atoms with van der Waals surface area (Å²) in [6.45, 7) is 6.48. The smallest absolute Gasteiger partial charge is 0.276 e. The third-order valence-corrected chi connectivity index (χ3v) is 6.29. The zero-order valence-corrected chi connectivity index (χ0v) is 18.8. The maximum absolute atomic E-state index is 12.3. The first-order chi connectivity index (χ1) is 16.2. The molecule has 5 rings (SSSR count). The van der Waals surface area contributed by atoms with E-state index in [0.29, 0.717) is 12.4 Å². The van der Waals surface area contributed by atoms with Gasteiger partial charge in [0.15, 0.2) is 5.69 Å². The number of nitrogens with one attached hydrogen (secondary N) is 2. The number of carbonyl (C=O) groups excluding carboxylic acids is 1. The van der Waals surface area contributed by atoms with E-state index in [4.69, 9.17) is 0 Å². The highest BCUT2D eigenvalue weighted by atomic mass is 16.1. The lowest BCUT2D eigenvalue weighted by Crippen LogP contribution is -2.47. The van der Waals surface area contributed by atoms with Crippen molar-refractivity contribution in [2.45, 2.75) is 19.4 Å². The molecule has 1 amide bonds. The summed E-state index contributed by atoms with van der Waals surface area (Å²) in [5.41, 5.74) is 3.48. The van der Waals surface area contributed by atoms with Crippen LogP contribution in [0.1, 0.15) is 28.9 Å². The van der Waals surface area contributed by atoms with Crippen molar-refractivity contribution in [3.05, 3.63) is 78.0 Å². The fourth-order valence-electron chi connectivity index (χ4n) is 4.14. The molecule has 2 N–H and O–H groups in total. The Morgan fingerprint density at radius 2 is 1.64 bits per heavy atom. The summed E-state index contributed by atoms with van der Waals surface area (Å²) in [6, 6.07) is 21.5. The molecule has 0 radical (unpaired) electrons. The molecule has 0 unspecified atom stereocenters. The van der Waals surface area contributed by atoms with Crippen LogP contribution in [-0.4, -0.2) is 53.7 Å². The van der Waals surface area contributed by atoms with E-state index >= 15 is 0 Å². The molecule has 2 heterocycles. The Morgan fingerprint density at radius 1 is 0.879 bits per heavy atom. The Balaban J connectivity index is 1.09. The first kappa shape index (κ1) is 21.4. The number of hydrogen-bond acceptors (Lipinski definition) is 6. The lowest BCUT2D eigenvalue weighted by Gasteiger charge is -2.36. The van der Waals surface area contributed by atoms with Crippen molar-refractivity contribution >= 4 is 23.1 Å².